The monoisotopic (exact) mass is 420 g/mol. The van der Waals surface area contributed by atoms with Crippen molar-refractivity contribution in [3.05, 3.63) is 71.8 Å². The number of amides is 1. The van der Waals surface area contributed by atoms with E-state index in [1.807, 2.05) is 42.5 Å². The van der Waals surface area contributed by atoms with Crippen LogP contribution in [-0.2, 0) is 17.6 Å². The van der Waals surface area contributed by atoms with Crippen LogP contribution in [-0.4, -0.2) is 33.2 Å². The molecule has 4 aromatic rings. The van der Waals surface area contributed by atoms with Crippen molar-refractivity contribution >= 4 is 22.3 Å². The first kappa shape index (κ1) is 20.8. The molecule has 0 aliphatic carbocycles. The molecule has 160 valence electrons. The number of rotatable bonds is 8. The summed E-state index contributed by atoms with van der Waals surface area (Å²) in [5.41, 5.74) is 2.73. The fourth-order valence-electron chi connectivity index (χ4n) is 3.70. The molecule has 0 unspecified atom stereocenters. The van der Waals surface area contributed by atoms with Gasteiger partial charge in [0.1, 0.15) is 17.2 Å². The van der Waals surface area contributed by atoms with Crippen molar-refractivity contribution in [3.63, 3.8) is 0 Å². The molecule has 0 bridgehead atoms. The van der Waals surface area contributed by atoms with Gasteiger partial charge in [-0.25, -0.2) is 4.39 Å². The van der Waals surface area contributed by atoms with Crippen molar-refractivity contribution < 1.29 is 13.9 Å². The number of carbonyl (C=O) groups excluding carboxylic acids is 1. The first-order valence-electron chi connectivity index (χ1n) is 10.5. The summed E-state index contributed by atoms with van der Waals surface area (Å²) in [5.74, 6) is 0.458. The van der Waals surface area contributed by atoms with E-state index in [4.69, 9.17) is 4.74 Å². The molecule has 0 radical (unpaired) electrons. The smallest absolute Gasteiger partial charge is 0.258 e. The highest BCUT2D eigenvalue weighted by Gasteiger charge is 2.16. The second-order valence-corrected chi connectivity index (χ2v) is 7.62. The van der Waals surface area contributed by atoms with E-state index in [9.17, 15) is 9.18 Å². The summed E-state index contributed by atoms with van der Waals surface area (Å²) in [6.07, 6.45) is 2.38. The third-order valence-corrected chi connectivity index (χ3v) is 5.27. The molecule has 1 N–H and O–H groups in total. The van der Waals surface area contributed by atoms with Gasteiger partial charge in [0, 0.05) is 17.8 Å². The maximum Gasteiger partial charge on any atom is 0.258 e. The number of ether oxygens (including phenoxy) is 1. The fraction of sp³-hybridized carbons (Fsp3) is 0.292. The van der Waals surface area contributed by atoms with E-state index in [0.717, 1.165) is 29.6 Å². The van der Waals surface area contributed by atoms with Crippen LogP contribution in [0.15, 0.2) is 54.6 Å². The van der Waals surface area contributed by atoms with Gasteiger partial charge in [0.2, 0.25) is 0 Å². The van der Waals surface area contributed by atoms with Crippen LogP contribution in [0.4, 0.5) is 4.39 Å². The van der Waals surface area contributed by atoms with Crippen molar-refractivity contribution in [1.82, 2.24) is 19.9 Å². The summed E-state index contributed by atoms with van der Waals surface area (Å²) < 4.78 is 21.3. The summed E-state index contributed by atoms with van der Waals surface area (Å²) in [7, 11) is 0. The van der Waals surface area contributed by atoms with Crippen molar-refractivity contribution in [3.8, 4) is 5.88 Å². The summed E-state index contributed by atoms with van der Waals surface area (Å²) in [6, 6.07) is 16.6. The van der Waals surface area contributed by atoms with Gasteiger partial charge in [-0.3, -0.25) is 9.20 Å². The first-order valence-corrected chi connectivity index (χ1v) is 10.5. The Morgan fingerprint density at radius 2 is 1.94 bits per heavy atom. The average Bonchev–Trinajstić information content (AvgIpc) is 3.15. The third kappa shape index (κ3) is 4.66. The van der Waals surface area contributed by atoms with E-state index in [-0.39, 0.29) is 30.3 Å². The molecule has 6 nitrogen and oxygen atoms in total. The minimum absolute atomic E-state index is 0.0174. The number of aryl methyl sites for hydroxylation is 2. The van der Waals surface area contributed by atoms with E-state index in [2.05, 4.69) is 27.6 Å². The van der Waals surface area contributed by atoms with Gasteiger partial charge < -0.3 is 10.1 Å². The zero-order valence-corrected chi connectivity index (χ0v) is 17.6. The van der Waals surface area contributed by atoms with E-state index in [1.165, 1.54) is 17.7 Å². The number of nitrogens with one attached hydrogen (secondary N) is 1. The standard InChI is InChI=1S/C24H25FN4O2/c1-3-22-27-28-24(21-14-18-13-19(25)11-12-20(18)29(21)22)31-15-23(30)26-16(2)9-10-17-7-5-4-6-8-17/h4-8,11-14,16H,3,9-10,15H2,1-2H3,(H,26,30)/t16-/m1/s1. The number of halogens is 1. The van der Waals surface area contributed by atoms with Crippen LogP contribution in [0.1, 0.15) is 31.7 Å². The summed E-state index contributed by atoms with van der Waals surface area (Å²) in [5, 5.41) is 12.1. The van der Waals surface area contributed by atoms with Crippen LogP contribution in [0, 0.1) is 5.82 Å². The highest BCUT2D eigenvalue weighted by molar-refractivity contribution is 5.89. The average molecular weight is 420 g/mol. The Kier molecular flexibility index (Phi) is 6.11. The maximum atomic E-state index is 13.7. The van der Waals surface area contributed by atoms with E-state index >= 15 is 0 Å². The molecule has 0 aliphatic heterocycles. The molecule has 0 fully saturated rings. The van der Waals surface area contributed by atoms with Gasteiger partial charge in [-0.05, 0) is 49.6 Å². The second-order valence-electron chi connectivity index (χ2n) is 7.62. The zero-order chi connectivity index (χ0) is 21.8. The molecule has 4 rings (SSSR count). The molecular formula is C24H25FN4O2. The summed E-state index contributed by atoms with van der Waals surface area (Å²) in [6.45, 7) is 3.79. The van der Waals surface area contributed by atoms with Crippen LogP contribution in [0.5, 0.6) is 5.88 Å². The predicted molar refractivity (Wildman–Crippen MR) is 118 cm³/mol. The number of nitrogens with zero attached hydrogens (tertiary/aromatic N) is 3. The lowest BCUT2D eigenvalue weighted by atomic mass is 10.1. The molecular weight excluding hydrogens is 395 g/mol. The molecule has 1 atom stereocenters. The number of aromatic nitrogens is 3. The molecule has 2 heterocycles. The minimum atomic E-state index is -0.311. The molecule has 1 amide bonds. The number of benzene rings is 2. The Balaban J connectivity index is 1.43. The molecule has 31 heavy (non-hydrogen) atoms. The molecule has 2 aromatic carbocycles. The first-order chi connectivity index (χ1) is 15.0. The minimum Gasteiger partial charge on any atom is -0.465 e. The molecule has 7 heteroatoms. The topological polar surface area (TPSA) is 68.5 Å². The van der Waals surface area contributed by atoms with Gasteiger partial charge in [-0.1, -0.05) is 37.3 Å². The fourth-order valence-corrected chi connectivity index (χ4v) is 3.70. The van der Waals surface area contributed by atoms with Crippen molar-refractivity contribution in [2.45, 2.75) is 39.2 Å². The normalized spacial score (nSPS) is 12.2. The lowest BCUT2D eigenvalue weighted by molar-refractivity contribution is -0.123. The van der Waals surface area contributed by atoms with Crippen LogP contribution >= 0.6 is 0 Å². The Labute approximate surface area is 180 Å². The van der Waals surface area contributed by atoms with Crippen LogP contribution in [0.25, 0.3) is 16.4 Å². The van der Waals surface area contributed by atoms with E-state index in [0.29, 0.717) is 11.9 Å². The van der Waals surface area contributed by atoms with Gasteiger partial charge in [0.25, 0.3) is 11.8 Å². The molecule has 0 spiro atoms. The van der Waals surface area contributed by atoms with E-state index in [1.54, 1.807) is 6.07 Å². The largest absolute Gasteiger partial charge is 0.465 e. The lowest BCUT2D eigenvalue weighted by Crippen LogP contribution is -2.36. The second kappa shape index (κ2) is 9.12. The Hall–Kier alpha value is -3.48. The Morgan fingerprint density at radius 3 is 2.71 bits per heavy atom. The van der Waals surface area contributed by atoms with E-state index < -0.39 is 0 Å². The number of fused-ring (bicyclic) bond motifs is 3. The number of carbonyl (C=O) groups is 1. The predicted octanol–water partition coefficient (Wildman–Crippen LogP) is 4.10. The van der Waals surface area contributed by atoms with Gasteiger partial charge in [0.15, 0.2) is 6.61 Å². The molecule has 0 saturated heterocycles. The molecule has 0 aliphatic rings. The zero-order valence-electron chi connectivity index (χ0n) is 17.6. The Morgan fingerprint density at radius 1 is 1.13 bits per heavy atom. The summed E-state index contributed by atoms with van der Waals surface area (Å²) >= 11 is 0. The van der Waals surface area contributed by atoms with Gasteiger partial charge >= 0.3 is 0 Å². The van der Waals surface area contributed by atoms with Gasteiger partial charge in [0.05, 0.1) is 5.52 Å². The van der Waals surface area contributed by atoms with Crippen molar-refractivity contribution in [1.29, 1.82) is 0 Å². The van der Waals surface area contributed by atoms with Crippen LogP contribution < -0.4 is 10.1 Å². The number of hydrogen-bond acceptors (Lipinski definition) is 4. The highest BCUT2D eigenvalue weighted by atomic mass is 19.1. The van der Waals surface area contributed by atoms with Crippen LogP contribution in [0.2, 0.25) is 0 Å². The van der Waals surface area contributed by atoms with Crippen molar-refractivity contribution in [2.75, 3.05) is 6.61 Å². The Bertz CT molecular complexity index is 1210. The van der Waals surface area contributed by atoms with Gasteiger partial charge in [-0.15, -0.1) is 10.2 Å². The maximum absolute atomic E-state index is 13.7. The van der Waals surface area contributed by atoms with Crippen LogP contribution in [0.3, 0.4) is 0 Å². The lowest BCUT2D eigenvalue weighted by Gasteiger charge is -2.14. The third-order valence-electron chi connectivity index (χ3n) is 5.27. The van der Waals surface area contributed by atoms with Crippen molar-refractivity contribution in [2.24, 2.45) is 0 Å². The SMILES string of the molecule is CCc1nnc(OCC(=O)N[C@H](C)CCc2ccccc2)c2cc3cc(F)ccc3n12. The van der Waals surface area contributed by atoms with Gasteiger partial charge in [-0.2, -0.15) is 0 Å². The molecule has 0 saturated carbocycles. The number of hydrogen-bond donors (Lipinski definition) is 1. The quantitative estimate of drug-likeness (QED) is 0.466. The molecule has 2 aromatic heterocycles. The summed E-state index contributed by atoms with van der Waals surface area (Å²) in [4.78, 5) is 12.4. The highest BCUT2D eigenvalue weighted by Crippen LogP contribution is 2.27.